The molecule has 0 nitrogen and oxygen atoms in total. The first-order valence-electron chi connectivity index (χ1n) is 8.82. The Kier molecular flexibility index (Phi) is 3.63. The van der Waals surface area contributed by atoms with Crippen molar-refractivity contribution in [1.29, 1.82) is 0 Å². The zero-order valence-corrected chi connectivity index (χ0v) is 13.9. The van der Waals surface area contributed by atoms with Crippen molar-refractivity contribution in [2.75, 3.05) is 0 Å². The van der Waals surface area contributed by atoms with Gasteiger partial charge in [0.1, 0.15) is 0 Å². The fourth-order valence-electron chi connectivity index (χ4n) is 5.92. The molecular weight excluding hydrogens is 240 g/mol. The van der Waals surface area contributed by atoms with E-state index < -0.39 is 0 Å². The van der Waals surface area contributed by atoms with E-state index in [0.29, 0.717) is 11.8 Å². The van der Waals surface area contributed by atoms with E-state index in [9.17, 15) is 0 Å². The Morgan fingerprint density at radius 3 is 1.35 bits per heavy atom. The highest BCUT2D eigenvalue weighted by atomic mass is 14.6. The number of allylic oxidation sites excluding steroid dienone is 2. The first kappa shape index (κ1) is 14.4. The molecule has 8 atom stereocenters. The average molecular weight is 272 g/mol. The summed E-state index contributed by atoms with van der Waals surface area (Å²) >= 11 is 0. The highest BCUT2D eigenvalue weighted by Gasteiger charge is 2.51. The van der Waals surface area contributed by atoms with Crippen LogP contribution in [0.4, 0.5) is 0 Å². The van der Waals surface area contributed by atoms with Gasteiger partial charge in [-0.2, -0.15) is 0 Å². The molecule has 0 aromatic carbocycles. The molecule has 0 amide bonds. The summed E-state index contributed by atoms with van der Waals surface area (Å²) in [5.74, 6) is 6.12. The summed E-state index contributed by atoms with van der Waals surface area (Å²) in [5.41, 5.74) is 3.20. The molecule has 20 heavy (non-hydrogen) atoms. The summed E-state index contributed by atoms with van der Waals surface area (Å²) in [7, 11) is 0. The molecule has 8 unspecified atom stereocenters. The molecular formula is C20H32. The van der Waals surface area contributed by atoms with Crippen LogP contribution in [0.1, 0.15) is 53.4 Å². The highest BCUT2D eigenvalue weighted by molar-refractivity contribution is 5.29. The Bertz CT molecular complexity index is 378. The van der Waals surface area contributed by atoms with Gasteiger partial charge >= 0.3 is 0 Å². The molecule has 3 aliphatic carbocycles. The molecule has 0 aliphatic heterocycles. The van der Waals surface area contributed by atoms with Crippen LogP contribution in [0.5, 0.6) is 0 Å². The summed E-state index contributed by atoms with van der Waals surface area (Å²) in [4.78, 5) is 0. The van der Waals surface area contributed by atoms with Gasteiger partial charge in [0.05, 0.1) is 0 Å². The first-order valence-corrected chi connectivity index (χ1v) is 8.82. The Balaban J connectivity index is 1.99. The standard InChI is InChI=1S/C20H32/c1-11-12(2)14(4)20-16(6)18-10-8-7-9-17(18)15(5)19(20)13(11)3/h11-14,17-20H,5-10H2,1-4H3. The molecule has 3 aliphatic rings. The molecule has 3 rings (SSSR count). The second-order valence-electron chi connectivity index (χ2n) is 8.14. The minimum Gasteiger partial charge on any atom is -0.0992 e. The Labute approximate surface area is 125 Å². The van der Waals surface area contributed by atoms with Crippen LogP contribution in [-0.2, 0) is 0 Å². The van der Waals surface area contributed by atoms with Gasteiger partial charge in [-0.05, 0) is 60.2 Å². The van der Waals surface area contributed by atoms with Gasteiger partial charge in [0.25, 0.3) is 0 Å². The van der Waals surface area contributed by atoms with E-state index in [0.717, 1.165) is 35.5 Å². The van der Waals surface area contributed by atoms with E-state index in [1.807, 2.05) is 0 Å². The van der Waals surface area contributed by atoms with E-state index >= 15 is 0 Å². The van der Waals surface area contributed by atoms with Crippen LogP contribution in [-0.4, -0.2) is 0 Å². The topological polar surface area (TPSA) is 0 Å². The van der Waals surface area contributed by atoms with E-state index in [4.69, 9.17) is 0 Å². The number of rotatable bonds is 0. The maximum absolute atomic E-state index is 4.62. The fourth-order valence-corrected chi connectivity index (χ4v) is 5.92. The predicted molar refractivity (Wildman–Crippen MR) is 87.4 cm³/mol. The fraction of sp³-hybridized carbons (Fsp3) is 0.800. The van der Waals surface area contributed by atoms with Crippen LogP contribution < -0.4 is 0 Å². The molecule has 3 saturated carbocycles. The lowest BCUT2D eigenvalue weighted by Crippen LogP contribution is -2.50. The molecule has 3 fully saturated rings. The van der Waals surface area contributed by atoms with Crippen LogP contribution in [0.15, 0.2) is 24.3 Å². The van der Waals surface area contributed by atoms with Crippen molar-refractivity contribution < 1.29 is 0 Å². The van der Waals surface area contributed by atoms with Crippen LogP contribution in [0.25, 0.3) is 0 Å². The van der Waals surface area contributed by atoms with Crippen molar-refractivity contribution in [3.8, 4) is 0 Å². The van der Waals surface area contributed by atoms with Crippen LogP contribution in [0.3, 0.4) is 0 Å². The first-order chi connectivity index (χ1) is 9.45. The number of fused-ring (bicyclic) bond motifs is 2. The molecule has 0 aromatic heterocycles. The van der Waals surface area contributed by atoms with E-state index in [1.54, 1.807) is 11.1 Å². The maximum Gasteiger partial charge on any atom is -0.0106 e. The monoisotopic (exact) mass is 272 g/mol. The molecule has 0 heteroatoms. The van der Waals surface area contributed by atoms with Crippen molar-refractivity contribution >= 4 is 0 Å². The van der Waals surface area contributed by atoms with Gasteiger partial charge in [0.2, 0.25) is 0 Å². The summed E-state index contributed by atoms with van der Waals surface area (Å²) in [6.07, 6.45) is 5.55. The minimum absolute atomic E-state index is 0.711. The van der Waals surface area contributed by atoms with Crippen molar-refractivity contribution in [2.45, 2.75) is 53.4 Å². The zero-order valence-electron chi connectivity index (χ0n) is 13.9. The summed E-state index contributed by atoms with van der Waals surface area (Å²) in [6.45, 7) is 19.1. The number of hydrogen-bond donors (Lipinski definition) is 0. The van der Waals surface area contributed by atoms with Crippen molar-refractivity contribution in [3.63, 3.8) is 0 Å². The summed E-state index contributed by atoms with van der Waals surface area (Å²) in [6, 6.07) is 0. The molecule has 0 spiro atoms. The third kappa shape index (κ3) is 1.86. The summed E-state index contributed by atoms with van der Waals surface area (Å²) < 4.78 is 0. The molecule has 0 saturated heterocycles. The Morgan fingerprint density at radius 2 is 1.00 bits per heavy atom. The zero-order chi connectivity index (χ0) is 14.6. The second kappa shape index (κ2) is 5.04. The lowest BCUT2D eigenvalue weighted by atomic mass is 9.48. The predicted octanol–water partition coefficient (Wildman–Crippen LogP) is 5.71. The quantitative estimate of drug-likeness (QED) is 0.495. The van der Waals surface area contributed by atoms with Gasteiger partial charge in [-0.1, -0.05) is 64.8 Å². The third-order valence-electron chi connectivity index (χ3n) is 7.58. The molecule has 112 valence electrons. The lowest BCUT2D eigenvalue weighted by molar-refractivity contribution is 0.0151. The Morgan fingerprint density at radius 1 is 0.650 bits per heavy atom. The normalized spacial score (nSPS) is 52.4. The van der Waals surface area contributed by atoms with Gasteiger partial charge in [-0.15, -0.1) is 0 Å². The van der Waals surface area contributed by atoms with Crippen molar-refractivity contribution in [1.82, 2.24) is 0 Å². The van der Waals surface area contributed by atoms with Gasteiger partial charge in [-0.25, -0.2) is 0 Å². The van der Waals surface area contributed by atoms with Gasteiger partial charge in [0, 0.05) is 0 Å². The Hall–Kier alpha value is -0.520. The highest BCUT2D eigenvalue weighted by Crippen LogP contribution is 2.59. The number of hydrogen-bond acceptors (Lipinski definition) is 0. The van der Waals surface area contributed by atoms with Crippen LogP contribution in [0.2, 0.25) is 0 Å². The molecule has 0 heterocycles. The van der Waals surface area contributed by atoms with Crippen LogP contribution in [0, 0.1) is 47.3 Å². The second-order valence-corrected chi connectivity index (χ2v) is 8.14. The smallest absolute Gasteiger partial charge is 0.0106 e. The maximum atomic E-state index is 4.62. The molecule has 0 aromatic rings. The SMILES string of the molecule is C=C1C2CCCCC2C(=C)C2C(C)C(C)C(C)C(C)C12. The van der Waals surface area contributed by atoms with Gasteiger partial charge < -0.3 is 0 Å². The molecule has 0 radical (unpaired) electrons. The average Bonchev–Trinajstić information content (AvgIpc) is 2.46. The minimum atomic E-state index is 0.711. The van der Waals surface area contributed by atoms with E-state index in [1.165, 1.54) is 25.7 Å². The van der Waals surface area contributed by atoms with Crippen molar-refractivity contribution in [3.05, 3.63) is 24.3 Å². The summed E-state index contributed by atoms with van der Waals surface area (Å²) in [5, 5.41) is 0. The van der Waals surface area contributed by atoms with Crippen molar-refractivity contribution in [2.24, 2.45) is 47.3 Å². The lowest BCUT2D eigenvalue weighted by Gasteiger charge is -2.57. The van der Waals surface area contributed by atoms with E-state index in [-0.39, 0.29) is 0 Å². The van der Waals surface area contributed by atoms with Gasteiger partial charge in [0.15, 0.2) is 0 Å². The third-order valence-corrected chi connectivity index (χ3v) is 7.58. The molecule has 0 bridgehead atoms. The van der Waals surface area contributed by atoms with Crippen LogP contribution >= 0.6 is 0 Å². The van der Waals surface area contributed by atoms with E-state index in [2.05, 4.69) is 40.9 Å². The molecule has 0 N–H and O–H groups in total. The largest absolute Gasteiger partial charge is 0.0992 e. The van der Waals surface area contributed by atoms with Gasteiger partial charge in [-0.3, -0.25) is 0 Å².